The van der Waals surface area contributed by atoms with Gasteiger partial charge in [-0.15, -0.1) is 0 Å². The number of hydrogen-bond donors (Lipinski definition) is 2. The van der Waals surface area contributed by atoms with E-state index in [1.165, 1.54) is 6.42 Å². The van der Waals surface area contributed by atoms with Crippen molar-refractivity contribution in [2.75, 3.05) is 11.5 Å². The van der Waals surface area contributed by atoms with Gasteiger partial charge in [0, 0.05) is 11.6 Å². The number of aliphatic imine (C=N–C) groups is 2. The Hall–Kier alpha value is -2.83. The lowest BCUT2D eigenvalue weighted by atomic mass is 9.87. The highest BCUT2D eigenvalue weighted by atomic mass is 16.5. The molecule has 1 aromatic carbocycles. The van der Waals surface area contributed by atoms with E-state index in [0.717, 1.165) is 48.0 Å². The van der Waals surface area contributed by atoms with Gasteiger partial charge in [-0.3, -0.25) is 9.88 Å². The largest absolute Gasteiger partial charge is 0.492 e. The fraction of sp³-hybridized carbons (Fsp3) is 0.421. The average molecular weight is 352 g/mol. The molecule has 1 aliphatic carbocycles. The molecule has 4 N–H and O–H groups in total. The summed E-state index contributed by atoms with van der Waals surface area (Å²) in [6.45, 7) is 2.55. The summed E-state index contributed by atoms with van der Waals surface area (Å²) in [6.07, 6.45) is 6.96. The Bertz CT molecular complexity index is 885. The van der Waals surface area contributed by atoms with Crippen LogP contribution in [0.2, 0.25) is 0 Å². The highest BCUT2D eigenvalue weighted by Crippen LogP contribution is 2.42. The summed E-state index contributed by atoms with van der Waals surface area (Å²) in [5.41, 5.74) is 13.6. The maximum atomic E-state index is 6.36. The molecular weight excluding hydrogens is 328 g/mol. The molecule has 0 atom stereocenters. The smallest absolute Gasteiger partial charge is 0.220 e. The van der Waals surface area contributed by atoms with Gasteiger partial charge in [0.05, 0.1) is 12.3 Å². The molecule has 2 aliphatic rings. The van der Waals surface area contributed by atoms with E-state index in [0.29, 0.717) is 12.6 Å². The molecule has 0 radical (unpaired) electrons. The van der Waals surface area contributed by atoms with Crippen molar-refractivity contribution in [3.63, 3.8) is 0 Å². The van der Waals surface area contributed by atoms with Crippen LogP contribution in [-0.4, -0.2) is 29.2 Å². The van der Waals surface area contributed by atoms with E-state index >= 15 is 0 Å². The SMILES string of the molecule is CCOc1ccc(N2C(N)=NC(N)=NC23CCCCC3)c2cccnc12. The molecule has 0 amide bonds. The zero-order chi connectivity index (χ0) is 18.1. The Morgan fingerprint density at radius 1 is 1.15 bits per heavy atom. The van der Waals surface area contributed by atoms with Gasteiger partial charge in [0.1, 0.15) is 16.9 Å². The van der Waals surface area contributed by atoms with E-state index in [2.05, 4.69) is 9.98 Å². The third kappa shape index (κ3) is 2.64. The zero-order valence-corrected chi connectivity index (χ0v) is 15.0. The van der Waals surface area contributed by atoms with Gasteiger partial charge in [0.15, 0.2) is 0 Å². The third-order valence-corrected chi connectivity index (χ3v) is 5.10. The predicted octanol–water partition coefficient (Wildman–Crippen LogP) is 2.74. The van der Waals surface area contributed by atoms with Crippen molar-refractivity contribution >= 4 is 28.5 Å². The van der Waals surface area contributed by atoms with Gasteiger partial charge < -0.3 is 16.2 Å². The molecule has 1 aliphatic heterocycles. The minimum absolute atomic E-state index is 0.258. The number of anilines is 1. The van der Waals surface area contributed by atoms with E-state index in [-0.39, 0.29) is 5.96 Å². The molecular formula is C19H24N6O. The highest BCUT2D eigenvalue weighted by molar-refractivity contribution is 6.10. The van der Waals surface area contributed by atoms with Crippen molar-refractivity contribution in [1.82, 2.24) is 4.98 Å². The van der Waals surface area contributed by atoms with Gasteiger partial charge in [-0.05, 0) is 56.9 Å². The minimum Gasteiger partial charge on any atom is -0.492 e. The number of benzene rings is 1. The molecule has 7 nitrogen and oxygen atoms in total. The summed E-state index contributed by atoms with van der Waals surface area (Å²) < 4.78 is 5.75. The number of pyridine rings is 1. The normalized spacial score (nSPS) is 19.3. The van der Waals surface area contributed by atoms with Crippen LogP contribution in [0.3, 0.4) is 0 Å². The lowest BCUT2D eigenvalue weighted by Crippen LogP contribution is -2.58. The lowest BCUT2D eigenvalue weighted by Gasteiger charge is -2.46. The first-order valence-corrected chi connectivity index (χ1v) is 9.15. The van der Waals surface area contributed by atoms with Crippen molar-refractivity contribution < 1.29 is 4.74 Å². The van der Waals surface area contributed by atoms with E-state index in [1.807, 2.05) is 36.1 Å². The monoisotopic (exact) mass is 352 g/mol. The maximum Gasteiger partial charge on any atom is 0.220 e. The van der Waals surface area contributed by atoms with Crippen LogP contribution in [0.5, 0.6) is 5.75 Å². The second kappa shape index (κ2) is 6.48. The number of guanidine groups is 2. The zero-order valence-electron chi connectivity index (χ0n) is 15.0. The molecule has 4 rings (SSSR count). The molecule has 1 saturated carbocycles. The topological polar surface area (TPSA) is 102 Å². The van der Waals surface area contributed by atoms with Crippen molar-refractivity contribution in [2.45, 2.75) is 44.7 Å². The van der Waals surface area contributed by atoms with Gasteiger partial charge in [0.25, 0.3) is 0 Å². The van der Waals surface area contributed by atoms with Gasteiger partial charge in [-0.1, -0.05) is 6.42 Å². The van der Waals surface area contributed by atoms with E-state index in [9.17, 15) is 0 Å². The number of nitrogens with two attached hydrogens (primary N) is 2. The summed E-state index contributed by atoms with van der Waals surface area (Å²) in [5, 5.41) is 0.970. The van der Waals surface area contributed by atoms with Crippen LogP contribution in [0.1, 0.15) is 39.0 Å². The number of hydrogen-bond acceptors (Lipinski definition) is 7. The first-order chi connectivity index (χ1) is 12.6. The second-order valence-electron chi connectivity index (χ2n) is 6.73. The summed E-state index contributed by atoms with van der Waals surface area (Å²) in [7, 11) is 0. The van der Waals surface area contributed by atoms with Gasteiger partial charge in [0.2, 0.25) is 11.9 Å². The number of aromatic nitrogens is 1. The standard InChI is InChI=1S/C19H24N6O/c1-2-26-15-9-8-14(13-7-6-12-22-16(13)15)25-18(21)23-17(20)24-19(25)10-4-3-5-11-19/h6-9,12H,2-5,10-11H2,1H3,(H4,20,21,23,24). The summed E-state index contributed by atoms with van der Waals surface area (Å²) in [5.74, 6) is 1.41. The minimum atomic E-state index is -0.468. The Morgan fingerprint density at radius 3 is 2.73 bits per heavy atom. The predicted molar refractivity (Wildman–Crippen MR) is 104 cm³/mol. The molecule has 0 saturated heterocycles. The number of nitrogens with zero attached hydrogens (tertiary/aromatic N) is 4. The van der Waals surface area contributed by atoms with Gasteiger partial charge in [-0.25, -0.2) is 4.99 Å². The summed E-state index contributed by atoms with van der Waals surface area (Å²) in [6, 6.07) is 7.92. The highest BCUT2D eigenvalue weighted by Gasteiger charge is 2.43. The Morgan fingerprint density at radius 2 is 1.96 bits per heavy atom. The Balaban J connectivity index is 1.90. The summed E-state index contributed by atoms with van der Waals surface area (Å²) >= 11 is 0. The number of rotatable bonds is 3. The fourth-order valence-corrected chi connectivity index (χ4v) is 4.07. The van der Waals surface area contributed by atoms with Gasteiger partial charge in [-0.2, -0.15) is 4.99 Å². The molecule has 2 aromatic rings. The van der Waals surface area contributed by atoms with Crippen LogP contribution in [0, 0.1) is 0 Å². The van der Waals surface area contributed by atoms with E-state index < -0.39 is 5.66 Å². The molecule has 7 heteroatoms. The van der Waals surface area contributed by atoms with Crippen LogP contribution in [0.25, 0.3) is 10.9 Å². The fourth-order valence-electron chi connectivity index (χ4n) is 4.07. The Labute approximate surface area is 152 Å². The third-order valence-electron chi connectivity index (χ3n) is 5.10. The van der Waals surface area contributed by atoms with Crippen molar-refractivity contribution in [1.29, 1.82) is 0 Å². The van der Waals surface area contributed by atoms with E-state index in [4.69, 9.17) is 21.2 Å². The van der Waals surface area contributed by atoms with Crippen LogP contribution in [-0.2, 0) is 0 Å². The van der Waals surface area contributed by atoms with Crippen LogP contribution in [0.4, 0.5) is 5.69 Å². The molecule has 1 aromatic heterocycles. The molecule has 1 spiro atoms. The molecule has 1 fully saturated rings. The maximum absolute atomic E-state index is 6.36. The second-order valence-corrected chi connectivity index (χ2v) is 6.73. The van der Waals surface area contributed by atoms with Crippen LogP contribution in [0.15, 0.2) is 40.4 Å². The van der Waals surface area contributed by atoms with Crippen molar-refractivity contribution in [3.8, 4) is 5.75 Å². The lowest BCUT2D eigenvalue weighted by molar-refractivity contribution is 0.306. The van der Waals surface area contributed by atoms with Crippen LogP contribution < -0.4 is 21.1 Å². The van der Waals surface area contributed by atoms with Crippen molar-refractivity contribution in [3.05, 3.63) is 30.5 Å². The molecule has 0 unspecified atom stereocenters. The average Bonchev–Trinajstić information content (AvgIpc) is 2.63. The number of ether oxygens (including phenoxy) is 1. The molecule has 26 heavy (non-hydrogen) atoms. The molecule has 2 heterocycles. The molecule has 136 valence electrons. The Kier molecular flexibility index (Phi) is 4.14. The van der Waals surface area contributed by atoms with Crippen LogP contribution >= 0.6 is 0 Å². The van der Waals surface area contributed by atoms with E-state index in [1.54, 1.807) is 6.20 Å². The van der Waals surface area contributed by atoms with Crippen molar-refractivity contribution in [2.24, 2.45) is 21.5 Å². The first kappa shape index (κ1) is 16.6. The molecule has 0 bridgehead atoms. The quantitative estimate of drug-likeness (QED) is 0.884. The number of fused-ring (bicyclic) bond motifs is 1. The first-order valence-electron chi connectivity index (χ1n) is 9.15. The summed E-state index contributed by atoms with van der Waals surface area (Å²) in [4.78, 5) is 15.6. The van der Waals surface area contributed by atoms with Gasteiger partial charge >= 0.3 is 0 Å².